The SMILES string of the molecule is CC(C)N1CCC(CNCc2csc3ccccc23)C1. The molecule has 1 N–H and O–H groups in total. The molecule has 1 atom stereocenters. The van der Waals surface area contributed by atoms with E-state index in [1.807, 2.05) is 11.3 Å². The number of thiophene rings is 1. The Morgan fingerprint density at radius 3 is 3.00 bits per heavy atom. The van der Waals surface area contributed by atoms with E-state index in [4.69, 9.17) is 0 Å². The number of nitrogens with zero attached hydrogens (tertiary/aromatic N) is 1. The van der Waals surface area contributed by atoms with Crippen molar-refractivity contribution in [2.45, 2.75) is 32.9 Å². The molecule has 108 valence electrons. The van der Waals surface area contributed by atoms with Crippen LogP contribution in [-0.4, -0.2) is 30.6 Å². The molecule has 3 rings (SSSR count). The van der Waals surface area contributed by atoms with Crippen LogP contribution in [-0.2, 0) is 6.54 Å². The first-order valence-corrected chi connectivity index (χ1v) is 8.52. The van der Waals surface area contributed by atoms with Gasteiger partial charge < -0.3 is 10.2 Å². The van der Waals surface area contributed by atoms with Gasteiger partial charge in [-0.1, -0.05) is 18.2 Å². The second kappa shape index (κ2) is 6.25. The van der Waals surface area contributed by atoms with Gasteiger partial charge in [-0.05, 0) is 61.7 Å². The molecule has 1 aliphatic heterocycles. The maximum atomic E-state index is 3.66. The van der Waals surface area contributed by atoms with Gasteiger partial charge in [0.2, 0.25) is 0 Å². The summed E-state index contributed by atoms with van der Waals surface area (Å²) in [7, 11) is 0. The van der Waals surface area contributed by atoms with E-state index in [0.29, 0.717) is 6.04 Å². The van der Waals surface area contributed by atoms with E-state index in [-0.39, 0.29) is 0 Å². The molecule has 0 amide bonds. The molecule has 2 heterocycles. The first-order valence-electron chi connectivity index (χ1n) is 7.64. The van der Waals surface area contributed by atoms with Crippen LogP contribution in [0.2, 0.25) is 0 Å². The van der Waals surface area contributed by atoms with Gasteiger partial charge in [-0.25, -0.2) is 0 Å². The highest BCUT2D eigenvalue weighted by atomic mass is 32.1. The number of fused-ring (bicyclic) bond motifs is 1. The zero-order valence-electron chi connectivity index (χ0n) is 12.4. The van der Waals surface area contributed by atoms with E-state index in [0.717, 1.165) is 19.0 Å². The van der Waals surface area contributed by atoms with Crippen molar-refractivity contribution in [2.24, 2.45) is 5.92 Å². The van der Waals surface area contributed by atoms with Crippen molar-refractivity contribution in [2.75, 3.05) is 19.6 Å². The Balaban J connectivity index is 1.51. The summed E-state index contributed by atoms with van der Waals surface area (Å²) in [4.78, 5) is 2.59. The summed E-state index contributed by atoms with van der Waals surface area (Å²) >= 11 is 1.85. The molecule has 2 nitrogen and oxygen atoms in total. The number of rotatable bonds is 5. The van der Waals surface area contributed by atoms with Crippen LogP contribution in [0.15, 0.2) is 29.6 Å². The lowest BCUT2D eigenvalue weighted by Gasteiger charge is -2.20. The Bertz CT molecular complexity index is 561. The van der Waals surface area contributed by atoms with Gasteiger partial charge in [0.15, 0.2) is 0 Å². The molecular weight excluding hydrogens is 264 g/mol. The van der Waals surface area contributed by atoms with Gasteiger partial charge >= 0.3 is 0 Å². The summed E-state index contributed by atoms with van der Waals surface area (Å²) in [5, 5.41) is 7.38. The van der Waals surface area contributed by atoms with E-state index in [1.165, 1.54) is 35.2 Å². The maximum absolute atomic E-state index is 3.66. The topological polar surface area (TPSA) is 15.3 Å². The Hall–Kier alpha value is -0.900. The summed E-state index contributed by atoms with van der Waals surface area (Å²) in [6.07, 6.45) is 1.34. The minimum Gasteiger partial charge on any atom is -0.312 e. The zero-order valence-corrected chi connectivity index (χ0v) is 13.2. The summed E-state index contributed by atoms with van der Waals surface area (Å²) in [5.41, 5.74) is 1.45. The summed E-state index contributed by atoms with van der Waals surface area (Å²) in [6.45, 7) is 9.27. The van der Waals surface area contributed by atoms with Gasteiger partial charge in [0.1, 0.15) is 0 Å². The molecule has 2 aromatic rings. The van der Waals surface area contributed by atoms with Crippen LogP contribution in [0.25, 0.3) is 10.1 Å². The van der Waals surface area contributed by atoms with E-state index >= 15 is 0 Å². The first kappa shape index (κ1) is 14.1. The lowest BCUT2D eigenvalue weighted by atomic mass is 10.1. The number of hydrogen-bond donors (Lipinski definition) is 1. The predicted molar refractivity (Wildman–Crippen MR) is 88.3 cm³/mol. The van der Waals surface area contributed by atoms with Crippen LogP contribution in [0, 0.1) is 5.92 Å². The van der Waals surface area contributed by atoms with E-state index in [2.05, 4.69) is 53.7 Å². The van der Waals surface area contributed by atoms with Gasteiger partial charge in [-0.2, -0.15) is 0 Å². The Labute approximate surface area is 125 Å². The van der Waals surface area contributed by atoms with Crippen molar-refractivity contribution >= 4 is 21.4 Å². The van der Waals surface area contributed by atoms with E-state index in [1.54, 1.807) is 0 Å². The standard InChI is InChI=1S/C17H24N2S/c1-13(2)19-8-7-14(11-19)9-18-10-15-12-20-17-6-4-3-5-16(15)17/h3-6,12-14,18H,7-11H2,1-2H3. The lowest BCUT2D eigenvalue weighted by Crippen LogP contribution is -2.30. The van der Waals surface area contributed by atoms with E-state index < -0.39 is 0 Å². The Morgan fingerprint density at radius 1 is 1.35 bits per heavy atom. The van der Waals surface area contributed by atoms with Crippen LogP contribution >= 0.6 is 11.3 Å². The first-order chi connectivity index (χ1) is 9.74. The zero-order chi connectivity index (χ0) is 13.9. The third-order valence-electron chi connectivity index (χ3n) is 4.36. The number of hydrogen-bond acceptors (Lipinski definition) is 3. The second-order valence-electron chi connectivity index (χ2n) is 6.13. The molecule has 1 aromatic carbocycles. The molecule has 1 fully saturated rings. The fraction of sp³-hybridized carbons (Fsp3) is 0.529. The fourth-order valence-corrected chi connectivity index (χ4v) is 4.04. The molecule has 0 saturated carbocycles. The van der Waals surface area contributed by atoms with Crippen LogP contribution < -0.4 is 5.32 Å². The molecule has 1 unspecified atom stereocenters. The Morgan fingerprint density at radius 2 is 2.20 bits per heavy atom. The molecule has 1 saturated heterocycles. The number of likely N-dealkylation sites (tertiary alicyclic amines) is 1. The second-order valence-corrected chi connectivity index (χ2v) is 7.04. The predicted octanol–water partition coefficient (Wildman–Crippen LogP) is 3.72. The van der Waals surface area contributed by atoms with Gasteiger partial charge in [0, 0.05) is 23.8 Å². The minimum atomic E-state index is 0.695. The minimum absolute atomic E-state index is 0.695. The van der Waals surface area contributed by atoms with Crippen molar-refractivity contribution < 1.29 is 0 Å². The Kier molecular flexibility index (Phi) is 4.39. The smallest absolute Gasteiger partial charge is 0.0346 e. The summed E-state index contributed by atoms with van der Waals surface area (Å²) in [6, 6.07) is 9.39. The average molecular weight is 288 g/mol. The van der Waals surface area contributed by atoms with Crippen LogP contribution in [0.3, 0.4) is 0 Å². The van der Waals surface area contributed by atoms with Crippen molar-refractivity contribution in [1.82, 2.24) is 10.2 Å². The monoisotopic (exact) mass is 288 g/mol. The number of benzene rings is 1. The maximum Gasteiger partial charge on any atom is 0.0346 e. The lowest BCUT2D eigenvalue weighted by molar-refractivity contribution is 0.264. The summed E-state index contributed by atoms with van der Waals surface area (Å²) in [5.74, 6) is 0.822. The van der Waals surface area contributed by atoms with Gasteiger partial charge in [0.05, 0.1) is 0 Å². The van der Waals surface area contributed by atoms with Crippen LogP contribution in [0.4, 0.5) is 0 Å². The largest absolute Gasteiger partial charge is 0.312 e. The van der Waals surface area contributed by atoms with Crippen LogP contribution in [0.5, 0.6) is 0 Å². The van der Waals surface area contributed by atoms with Crippen molar-refractivity contribution in [3.05, 3.63) is 35.2 Å². The van der Waals surface area contributed by atoms with Gasteiger partial charge in [-0.15, -0.1) is 11.3 Å². The third-order valence-corrected chi connectivity index (χ3v) is 5.37. The molecule has 3 heteroatoms. The normalized spacial score (nSPS) is 20.2. The third kappa shape index (κ3) is 3.05. The molecular formula is C17H24N2S. The van der Waals surface area contributed by atoms with Crippen molar-refractivity contribution in [1.29, 1.82) is 0 Å². The molecule has 0 bridgehead atoms. The van der Waals surface area contributed by atoms with Gasteiger partial charge in [0.25, 0.3) is 0 Å². The average Bonchev–Trinajstić information content (AvgIpc) is 3.06. The highest BCUT2D eigenvalue weighted by Gasteiger charge is 2.23. The molecule has 20 heavy (non-hydrogen) atoms. The summed E-state index contributed by atoms with van der Waals surface area (Å²) < 4.78 is 1.40. The highest BCUT2D eigenvalue weighted by Crippen LogP contribution is 2.25. The van der Waals surface area contributed by atoms with Crippen LogP contribution in [0.1, 0.15) is 25.8 Å². The molecule has 0 radical (unpaired) electrons. The molecule has 1 aliphatic rings. The van der Waals surface area contributed by atoms with Gasteiger partial charge in [-0.3, -0.25) is 0 Å². The fourth-order valence-electron chi connectivity index (χ4n) is 3.08. The molecule has 0 spiro atoms. The molecule has 1 aromatic heterocycles. The van der Waals surface area contributed by atoms with E-state index in [9.17, 15) is 0 Å². The highest BCUT2D eigenvalue weighted by molar-refractivity contribution is 7.17. The number of nitrogens with one attached hydrogen (secondary N) is 1. The molecule has 0 aliphatic carbocycles. The van der Waals surface area contributed by atoms with Crippen molar-refractivity contribution in [3.63, 3.8) is 0 Å². The quantitative estimate of drug-likeness (QED) is 0.902. The van der Waals surface area contributed by atoms with Crippen molar-refractivity contribution in [3.8, 4) is 0 Å².